The van der Waals surface area contributed by atoms with Gasteiger partial charge in [-0.15, -0.1) is 0 Å². The molecule has 1 heterocycles. The Hall–Kier alpha value is -1.55. The number of amides is 1. The smallest absolute Gasteiger partial charge is 0.410 e. The van der Waals surface area contributed by atoms with E-state index in [1.54, 1.807) is 0 Å². The Bertz CT molecular complexity index is 522. The number of ether oxygens (including phenoxy) is 1. The molecule has 1 amide bonds. The standard InChI is InChI=1S/C18H26N2O2/c1-17(2,3)22-16(21)20-12-18(13-20)9-15(10-18)19-11-14-7-5-4-6-8-14/h4-8,15,19H,9-13H2,1-3H3. The molecule has 1 spiro atoms. The molecule has 4 heteroatoms. The molecule has 120 valence electrons. The van der Waals surface area contributed by atoms with Gasteiger partial charge in [0.15, 0.2) is 0 Å². The minimum absolute atomic E-state index is 0.168. The molecule has 1 saturated carbocycles. The van der Waals surface area contributed by atoms with Crippen LogP contribution >= 0.6 is 0 Å². The van der Waals surface area contributed by atoms with Crippen molar-refractivity contribution in [2.24, 2.45) is 5.41 Å². The van der Waals surface area contributed by atoms with E-state index in [2.05, 4.69) is 29.6 Å². The molecule has 0 radical (unpaired) electrons. The van der Waals surface area contributed by atoms with Crippen molar-refractivity contribution >= 4 is 6.09 Å². The first-order valence-electron chi connectivity index (χ1n) is 8.11. The highest BCUT2D eigenvalue weighted by Gasteiger charge is 2.54. The van der Waals surface area contributed by atoms with Crippen LogP contribution in [0.4, 0.5) is 4.79 Å². The summed E-state index contributed by atoms with van der Waals surface area (Å²) < 4.78 is 5.41. The molecule has 0 unspecified atom stereocenters. The van der Waals surface area contributed by atoms with Gasteiger partial charge in [0.05, 0.1) is 0 Å². The Morgan fingerprint density at radius 3 is 2.50 bits per heavy atom. The highest BCUT2D eigenvalue weighted by Crippen LogP contribution is 2.48. The lowest BCUT2D eigenvalue weighted by Crippen LogP contribution is -2.67. The van der Waals surface area contributed by atoms with Crippen molar-refractivity contribution in [1.82, 2.24) is 10.2 Å². The summed E-state index contributed by atoms with van der Waals surface area (Å²) in [7, 11) is 0. The van der Waals surface area contributed by atoms with Gasteiger partial charge in [-0.05, 0) is 39.2 Å². The van der Waals surface area contributed by atoms with Crippen molar-refractivity contribution in [2.45, 2.75) is 51.8 Å². The van der Waals surface area contributed by atoms with Crippen LogP contribution in [-0.2, 0) is 11.3 Å². The van der Waals surface area contributed by atoms with Gasteiger partial charge in [0.1, 0.15) is 5.60 Å². The topological polar surface area (TPSA) is 41.6 Å². The predicted molar refractivity (Wildman–Crippen MR) is 86.5 cm³/mol. The molecule has 2 aliphatic rings. The van der Waals surface area contributed by atoms with E-state index in [0.717, 1.165) is 19.6 Å². The molecule has 1 aromatic rings. The zero-order valence-electron chi connectivity index (χ0n) is 13.8. The lowest BCUT2D eigenvalue weighted by atomic mass is 9.61. The summed E-state index contributed by atoms with van der Waals surface area (Å²) in [5.74, 6) is 0. The molecule has 1 aliphatic heterocycles. The van der Waals surface area contributed by atoms with Crippen molar-refractivity contribution in [2.75, 3.05) is 13.1 Å². The largest absolute Gasteiger partial charge is 0.444 e. The second-order valence-electron chi connectivity index (χ2n) is 7.81. The van der Waals surface area contributed by atoms with Gasteiger partial charge in [0.2, 0.25) is 0 Å². The zero-order chi connectivity index (χ0) is 15.8. The zero-order valence-corrected chi connectivity index (χ0v) is 13.8. The molecule has 0 bridgehead atoms. The van der Waals surface area contributed by atoms with Crippen LogP contribution in [0.2, 0.25) is 0 Å². The number of likely N-dealkylation sites (tertiary alicyclic amines) is 1. The molecule has 2 fully saturated rings. The van der Waals surface area contributed by atoms with E-state index in [9.17, 15) is 4.79 Å². The van der Waals surface area contributed by atoms with Crippen LogP contribution in [0.25, 0.3) is 0 Å². The van der Waals surface area contributed by atoms with Crippen LogP contribution < -0.4 is 5.32 Å². The van der Waals surface area contributed by atoms with Gasteiger partial charge in [0.25, 0.3) is 0 Å². The molecule has 1 aromatic carbocycles. The third kappa shape index (κ3) is 3.43. The second kappa shape index (κ2) is 5.58. The molecule has 4 nitrogen and oxygen atoms in total. The highest BCUT2D eigenvalue weighted by molar-refractivity contribution is 5.69. The van der Waals surface area contributed by atoms with Crippen LogP contribution in [-0.4, -0.2) is 35.7 Å². The van der Waals surface area contributed by atoms with E-state index in [-0.39, 0.29) is 6.09 Å². The quantitative estimate of drug-likeness (QED) is 0.932. The molecule has 1 saturated heterocycles. The molecule has 3 rings (SSSR count). The number of nitrogens with zero attached hydrogens (tertiary/aromatic N) is 1. The average Bonchev–Trinajstić information content (AvgIpc) is 2.34. The fourth-order valence-corrected chi connectivity index (χ4v) is 3.47. The highest BCUT2D eigenvalue weighted by atomic mass is 16.6. The molecule has 22 heavy (non-hydrogen) atoms. The average molecular weight is 302 g/mol. The van der Waals surface area contributed by atoms with Gasteiger partial charge in [-0.1, -0.05) is 30.3 Å². The van der Waals surface area contributed by atoms with Crippen LogP contribution in [0, 0.1) is 5.41 Å². The van der Waals surface area contributed by atoms with Gasteiger partial charge in [-0.25, -0.2) is 4.79 Å². The van der Waals surface area contributed by atoms with Crippen LogP contribution in [0.1, 0.15) is 39.2 Å². The number of rotatable bonds is 3. The summed E-state index contributed by atoms with van der Waals surface area (Å²) in [4.78, 5) is 13.8. The second-order valence-corrected chi connectivity index (χ2v) is 7.81. The Kier molecular flexibility index (Phi) is 3.89. The summed E-state index contributed by atoms with van der Waals surface area (Å²) in [5, 5.41) is 3.61. The summed E-state index contributed by atoms with van der Waals surface area (Å²) in [6.07, 6.45) is 2.16. The molecular weight excluding hydrogens is 276 g/mol. The molecule has 1 aliphatic carbocycles. The van der Waals surface area contributed by atoms with E-state index in [1.807, 2.05) is 31.7 Å². The van der Waals surface area contributed by atoms with Crippen molar-refractivity contribution in [3.63, 3.8) is 0 Å². The summed E-state index contributed by atoms with van der Waals surface area (Å²) >= 11 is 0. The number of hydrogen-bond donors (Lipinski definition) is 1. The third-order valence-electron chi connectivity index (χ3n) is 4.50. The van der Waals surface area contributed by atoms with Gasteiger partial charge in [0, 0.05) is 31.1 Å². The maximum atomic E-state index is 11.9. The summed E-state index contributed by atoms with van der Waals surface area (Å²) in [6.45, 7) is 8.36. The summed E-state index contributed by atoms with van der Waals surface area (Å²) in [5.41, 5.74) is 1.28. The lowest BCUT2D eigenvalue weighted by molar-refractivity contribution is -0.0830. The Labute approximate surface area is 132 Å². The normalized spacial score (nSPS) is 20.4. The van der Waals surface area contributed by atoms with Gasteiger partial charge in [-0.3, -0.25) is 0 Å². The third-order valence-corrected chi connectivity index (χ3v) is 4.50. The van der Waals surface area contributed by atoms with Crippen LogP contribution in [0.15, 0.2) is 30.3 Å². The predicted octanol–water partition coefficient (Wildman–Crippen LogP) is 3.18. The van der Waals surface area contributed by atoms with Crippen LogP contribution in [0.5, 0.6) is 0 Å². The van der Waals surface area contributed by atoms with Gasteiger partial charge in [-0.2, -0.15) is 0 Å². The number of benzene rings is 1. The monoisotopic (exact) mass is 302 g/mol. The van der Waals surface area contributed by atoms with Crippen molar-refractivity contribution in [1.29, 1.82) is 0 Å². The Morgan fingerprint density at radius 1 is 1.27 bits per heavy atom. The first-order valence-corrected chi connectivity index (χ1v) is 8.11. The number of nitrogens with one attached hydrogen (secondary N) is 1. The number of carbonyl (C=O) groups excluding carboxylic acids is 1. The molecule has 0 aromatic heterocycles. The minimum Gasteiger partial charge on any atom is -0.444 e. The fourth-order valence-electron chi connectivity index (χ4n) is 3.47. The summed E-state index contributed by atoms with van der Waals surface area (Å²) in [6, 6.07) is 11.1. The minimum atomic E-state index is -0.404. The van der Waals surface area contributed by atoms with Gasteiger partial charge >= 0.3 is 6.09 Å². The Balaban J connectivity index is 1.37. The van der Waals surface area contributed by atoms with Gasteiger partial charge < -0.3 is 15.0 Å². The van der Waals surface area contributed by atoms with E-state index in [0.29, 0.717) is 11.5 Å². The van der Waals surface area contributed by atoms with Crippen molar-refractivity contribution < 1.29 is 9.53 Å². The van der Waals surface area contributed by atoms with E-state index < -0.39 is 5.60 Å². The van der Waals surface area contributed by atoms with Crippen LogP contribution in [0.3, 0.4) is 0 Å². The first-order chi connectivity index (χ1) is 10.4. The fraction of sp³-hybridized carbons (Fsp3) is 0.611. The van der Waals surface area contributed by atoms with Crippen molar-refractivity contribution in [3.05, 3.63) is 35.9 Å². The van der Waals surface area contributed by atoms with Crippen molar-refractivity contribution in [3.8, 4) is 0 Å². The Morgan fingerprint density at radius 2 is 1.91 bits per heavy atom. The molecule has 0 atom stereocenters. The molecule has 1 N–H and O–H groups in total. The van der Waals surface area contributed by atoms with E-state index >= 15 is 0 Å². The van der Waals surface area contributed by atoms with E-state index in [1.165, 1.54) is 18.4 Å². The maximum absolute atomic E-state index is 11.9. The number of hydrogen-bond acceptors (Lipinski definition) is 3. The molecular formula is C18H26N2O2. The maximum Gasteiger partial charge on any atom is 0.410 e. The lowest BCUT2D eigenvalue weighted by Gasteiger charge is -2.58. The van der Waals surface area contributed by atoms with E-state index in [4.69, 9.17) is 4.74 Å². The SMILES string of the molecule is CC(C)(C)OC(=O)N1CC2(CC(NCc3ccccc3)C2)C1. The first kappa shape index (κ1) is 15.3. The number of carbonyl (C=O) groups is 1.